The van der Waals surface area contributed by atoms with Crippen molar-refractivity contribution in [2.75, 3.05) is 81.9 Å². The number of nitrogens with zero attached hydrogens (tertiary/aromatic N) is 3. The zero-order valence-electron chi connectivity index (χ0n) is 13.2. The van der Waals surface area contributed by atoms with Gasteiger partial charge in [-0.05, 0) is 21.1 Å². The van der Waals surface area contributed by atoms with Gasteiger partial charge in [0, 0.05) is 0 Å². The third-order valence-corrected chi connectivity index (χ3v) is 2.37. The number of hydrogen-bond acceptors (Lipinski definition) is 9. The number of hydrogen-bond donors (Lipinski definition) is 0. The summed E-state index contributed by atoms with van der Waals surface area (Å²) >= 11 is 0. The molecule has 1 saturated heterocycles. The second kappa shape index (κ2) is 12.2. The Morgan fingerprint density at radius 1 is 0.429 bits per heavy atom. The highest BCUT2D eigenvalue weighted by atomic mass is 16.7. The first-order valence-electron chi connectivity index (χ1n) is 6.70. The van der Waals surface area contributed by atoms with E-state index in [1.165, 1.54) is 0 Å². The molecule has 1 aliphatic rings. The van der Waals surface area contributed by atoms with E-state index in [9.17, 15) is 0 Å². The second-order valence-electron chi connectivity index (χ2n) is 4.92. The Bertz CT molecular complexity index is 193. The molecule has 0 N–H and O–H groups in total. The van der Waals surface area contributed by atoms with Crippen molar-refractivity contribution in [1.82, 2.24) is 14.7 Å². The first kappa shape index (κ1) is 18.7. The van der Waals surface area contributed by atoms with E-state index in [1.807, 2.05) is 35.8 Å². The van der Waals surface area contributed by atoms with Crippen LogP contribution >= 0.6 is 0 Å². The van der Waals surface area contributed by atoms with Crippen LogP contribution in [0.25, 0.3) is 0 Å². The minimum Gasteiger partial charge on any atom is -0.340 e. The van der Waals surface area contributed by atoms with Crippen molar-refractivity contribution in [1.29, 1.82) is 0 Å². The fourth-order valence-corrected chi connectivity index (χ4v) is 1.45. The van der Waals surface area contributed by atoms with Crippen LogP contribution in [0.2, 0.25) is 0 Å². The Balaban J connectivity index is 2.24. The fourth-order valence-electron chi connectivity index (χ4n) is 1.45. The first-order valence-corrected chi connectivity index (χ1v) is 6.70. The van der Waals surface area contributed by atoms with Crippen molar-refractivity contribution in [3.63, 3.8) is 0 Å². The quantitative estimate of drug-likeness (QED) is 0.590. The van der Waals surface area contributed by atoms with Crippen LogP contribution in [0, 0.1) is 0 Å². The van der Waals surface area contributed by atoms with Crippen LogP contribution in [0.5, 0.6) is 0 Å². The van der Waals surface area contributed by atoms with Gasteiger partial charge in [-0.1, -0.05) is 0 Å². The maximum absolute atomic E-state index is 5.34. The van der Waals surface area contributed by atoms with E-state index in [-0.39, 0.29) is 20.4 Å². The van der Waals surface area contributed by atoms with Crippen molar-refractivity contribution in [2.24, 2.45) is 0 Å². The van der Waals surface area contributed by atoms with Crippen LogP contribution in [0.1, 0.15) is 0 Å². The van der Waals surface area contributed by atoms with Gasteiger partial charge in [-0.3, -0.25) is 14.7 Å². The van der Waals surface area contributed by atoms with Gasteiger partial charge in [-0.25, -0.2) is 0 Å². The Morgan fingerprint density at radius 2 is 0.619 bits per heavy atom. The molecule has 21 heavy (non-hydrogen) atoms. The smallest absolute Gasteiger partial charge is 0.150 e. The molecule has 0 bridgehead atoms. The summed E-state index contributed by atoms with van der Waals surface area (Å²) in [6, 6.07) is 0. The SMILES string of the molecule is CN1COCOCN(C)COCOCN(C)COCOC1. The van der Waals surface area contributed by atoms with Crippen LogP contribution in [0.4, 0.5) is 0 Å². The van der Waals surface area contributed by atoms with Crippen LogP contribution in [0.15, 0.2) is 0 Å². The molecule has 1 fully saturated rings. The summed E-state index contributed by atoms with van der Waals surface area (Å²) in [4.78, 5) is 5.61. The summed E-state index contributed by atoms with van der Waals surface area (Å²) in [7, 11) is 5.66. The number of ether oxygens (including phenoxy) is 6. The third-order valence-electron chi connectivity index (χ3n) is 2.37. The predicted octanol–water partition coefficient (Wildman–Crippen LogP) is -0.487. The van der Waals surface area contributed by atoms with Crippen molar-refractivity contribution < 1.29 is 28.4 Å². The monoisotopic (exact) mass is 309 g/mol. The first-order chi connectivity index (χ1) is 10.2. The van der Waals surface area contributed by atoms with Gasteiger partial charge in [0.1, 0.15) is 60.8 Å². The summed E-state index contributed by atoms with van der Waals surface area (Å²) in [6.45, 7) is 3.19. The maximum Gasteiger partial charge on any atom is 0.150 e. The molecule has 9 heteroatoms. The number of rotatable bonds is 0. The molecular weight excluding hydrogens is 282 g/mol. The minimum atomic E-state index is 0.215. The highest BCUT2D eigenvalue weighted by molar-refractivity contribution is 4.35. The molecule has 0 atom stereocenters. The van der Waals surface area contributed by atoms with Gasteiger partial charge >= 0.3 is 0 Å². The van der Waals surface area contributed by atoms with Crippen molar-refractivity contribution in [3.05, 3.63) is 0 Å². The molecule has 0 unspecified atom stereocenters. The highest BCUT2D eigenvalue weighted by Crippen LogP contribution is 1.93. The molecule has 0 aromatic heterocycles. The van der Waals surface area contributed by atoms with E-state index < -0.39 is 0 Å². The molecule has 0 aromatic carbocycles. The Kier molecular flexibility index (Phi) is 10.9. The lowest BCUT2D eigenvalue weighted by Crippen LogP contribution is -2.30. The largest absolute Gasteiger partial charge is 0.340 e. The fraction of sp³-hybridized carbons (Fsp3) is 1.00. The second-order valence-corrected chi connectivity index (χ2v) is 4.92. The Hall–Kier alpha value is -0.360. The average molecular weight is 309 g/mol. The van der Waals surface area contributed by atoms with E-state index in [2.05, 4.69) is 0 Å². The Labute approximate surface area is 126 Å². The zero-order valence-corrected chi connectivity index (χ0v) is 13.2. The summed E-state index contributed by atoms with van der Waals surface area (Å²) in [5.41, 5.74) is 0. The lowest BCUT2D eigenvalue weighted by Gasteiger charge is -2.21. The van der Waals surface area contributed by atoms with Gasteiger partial charge in [0.25, 0.3) is 0 Å². The molecule has 0 saturated carbocycles. The van der Waals surface area contributed by atoms with Crippen molar-refractivity contribution >= 4 is 0 Å². The summed E-state index contributed by atoms with van der Waals surface area (Å²) < 4.78 is 32.0. The van der Waals surface area contributed by atoms with Crippen LogP contribution in [0.3, 0.4) is 0 Å². The van der Waals surface area contributed by atoms with Crippen LogP contribution in [-0.2, 0) is 28.4 Å². The molecule has 9 nitrogen and oxygen atoms in total. The lowest BCUT2D eigenvalue weighted by atomic mass is 10.9. The van der Waals surface area contributed by atoms with Gasteiger partial charge in [0.15, 0.2) is 0 Å². The molecule has 0 aromatic rings. The van der Waals surface area contributed by atoms with Crippen LogP contribution < -0.4 is 0 Å². The molecule has 0 aliphatic carbocycles. The van der Waals surface area contributed by atoms with Crippen molar-refractivity contribution in [3.8, 4) is 0 Å². The van der Waals surface area contributed by atoms with E-state index >= 15 is 0 Å². The molecule has 1 rings (SSSR count). The molecule has 1 aliphatic heterocycles. The van der Waals surface area contributed by atoms with E-state index in [0.717, 1.165) is 0 Å². The van der Waals surface area contributed by atoms with Gasteiger partial charge < -0.3 is 28.4 Å². The van der Waals surface area contributed by atoms with Gasteiger partial charge in [0.05, 0.1) is 0 Å². The summed E-state index contributed by atoms with van der Waals surface area (Å²) in [5, 5.41) is 0. The van der Waals surface area contributed by atoms with Crippen LogP contribution in [-0.4, -0.2) is 96.6 Å². The summed E-state index contributed by atoms with van der Waals surface area (Å²) in [5.74, 6) is 0. The lowest BCUT2D eigenvalue weighted by molar-refractivity contribution is -0.174. The third kappa shape index (κ3) is 10.9. The zero-order chi connectivity index (χ0) is 15.3. The van der Waals surface area contributed by atoms with Gasteiger partial charge in [0.2, 0.25) is 0 Å². The minimum absolute atomic E-state index is 0.215. The standard InChI is InChI=1S/C12H27N3O6/c1-13-4-16-10-18-6-14(2)8-20-12-21-9-15(3)7-19-11-17-5-13/h4-12H2,1-3H3. The average Bonchev–Trinajstić information content (AvgIpc) is 2.45. The van der Waals surface area contributed by atoms with E-state index in [0.29, 0.717) is 40.4 Å². The highest BCUT2D eigenvalue weighted by Gasteiger charge is 2.03. The Morgan fingerprint density at radius 3 is 0.810 bits per heavy atom. The predicted molar refractivity (Wildman–Crippen MR) is 73.6 cm³/mol. The summed E-state index contributed by atoms with van der Waals surface area (Å²) in [6.07, 6.45) is 0. The maximum atomic E-state index is 5.34. The molecular formula is C12H27N3O6. The normalized spacial score (nSPS) is 25.3. The molecule has 126 valence electrons. The van der Waals surface area contributed by atoms with Gasteiger partial charge in [-0.15, -0.1) is 0 Å². The topological polar surface area (TPSA) is 65.1 Å². The van der Waals surface area contributed by atoms with Crippen molar-refractivity contribution in [2.45, 2.75) is 0 Å². The molecule has 1 heterocycles. The molecule has 0 radical (unpaired) electrons. The molecule has 0 amide bonds. The van der Waals surface area contributed by atoms with E-state index in [4.69, 9.17) is 28.4 Å². The van der Waals surface area contributed by atoms with E-state index in [1.54, 1.807) is 0 Å². The van der Waals surface area contributed by atoms with Gasteiger partial charge in [-0.2, -0.15) is 0 Å². The molecule has 0 spiro atoms.